The van der Waals surface area contributed by atoms with Gasteiger partial charge in [0.05, 0.1) is 17.7 Å². The van der Waals surface area contributed by atoms with Crippen LogP contribution in [0, 0.1) is 5.82 Å². The van der Waals surface area contributed by atoms with E-state index in [2.05, 4.69) is 5.32 Å². The lowest BCUT2D eigenvalue weighted by atomic mass is 10.1. The molecule has 202 valence electrons. The third-order valence-corrected chi connectivity index (χ3v) is 7.76. The Hall–Kier alpha value is -3.92. The van der Waals surface area contributed by atoms with E-state index in [1.165, 1.54) is 48.4 Å². The van der Waals surface area contributed by atoms with Crippen LogP contribution in [-0.4, -0.2) is 51.4 Å². The highest BCUT2D eigenvalue weighted by molar-refractivity contribution is 7.92. The van der Waals surface area contributed by atoms with Crippen molar-refractivity contribution in [1.29, 1.82) is 0 Å². The molecule has 38 heavy (non-hydrogen) atoms. The van der Waals surface area contributed by atoms with Crippen LogP contribution in [0.2, 0.25) is 0 Å². The number of halogens is 1. The van der Waals surface area contributed by atoms with Crippen LogP contribution in [0.1, 0.15) is 25.8 Å². The molecular formula is C28H32FN3O5S. The Morgan fingerprint density at radius 2 is 1.58 bits per heavy atom. The number of carbonyl (C=O) groups excluding carboxylic acids is 2. The van der Waals surface area contributed by atoms with Crippen molar-refractivity contribution in [2.24, 2.45) is 0 Å². The van der Waals surface area contributed by atoms with Crippen LogP contribution in [0.4, 0.5) is 10.1 Å². The van der Waals surface area contributed by atoms with Crippen LogP contribution in [0.3, 0.4) is 0 Å². The van der Waals surface area contributed by atoms with E-state index in [1.807, 2.05) is 0 Å². The molecule has 0 unspecified atom stereocenters. The number of likely N-dealkylation sites (N-methyl/N-ethyl adjacent to an activating group) is 1. The van der Waals surface area contributed by atoms with Crippen LogP contribution < -0.4 is 14.4 Å². The number of benzene rings is 3. The van der Waals surface area contributed by atoms with Gasteiger partial charge in [-0.05, 0) is 67.4 Å². The molecule has 1 N–H and O–H groups in total. The standard InChI is InChI=1S/C28H32FN3O5S/c1-4-26(28(34)30-5-2)31(19-21-11-13-22(29)14-12-21)27(33)20-32(23-15-17-24(37-3)18-16-23)38(35,36)25-9-7-6-8-10-25/h6-18,26H,4-5,19-20H2,1-3H3,(H,30,34)/t26-/m1/s1. The summed E-state index contributed by atoms with van der Waals surface area (Å²) in [5.74, 6) is -0.838. The van der Waals surface area contributed by atoms with E-state index in [1.54, 1.807) is 56.3 Å². The lowest BCUT2D eigenvalue weighted by Gasteiger charge is -2.33. The van der Waals surface area contributed by atoms with Gasteiger partial charge >= 0.3 is 0 Å². The van der Waals surface area contributed by atoms with Crippen LogP contribution in [0.5, 0.6) is 5.75 Å². The number of rotatable bonds is 12. The molecule has 0 saturated heterocycles. The van der Waals surface area contributed by atoms with Crippen molar-refractivity contribution in [2.75, 3.05) is 24.5 Å². The topological polar surface area (TPSA) is 96.0 Å². The first-order chi connectivity index (χ1) is 18.2. The Morgan fingerprint density at radius 3 is 2.13 bits per heavy atom. The fraction of sp³-hybridized carbons (Fsp3) is 0.286. The number of sulfonamides is 1. The number of anilines is 1. The van der Waals surface area contributed by atoms with Crippen molar-refractivity contribution in [3.8, 4) is 5.75 Å². The van der Waals surface area contributed by atoms with Gasteiger partial charge in [0.25, 0.3) is 10.0 Å². The van der Waals surface area contributed by atoms with Crippen molar-refractivity contribution in [3.05, 3.63) is 90.2 Å². The Morgan fingerprint density at radius 1 is 0.947 bits per heavy atom. The summed E-state index contributed by atoms with van der Waals surface area (Å²) in [5, 5.41) is 2.74. The van der Waals surface area contributed by atoms with Crippen molar-refractivity contribution >= 4 is 27.5 Å². The van der Waals surface area contributed by atoms with E-state index in [0.29, 0.717) is 24.3 Å². The zero-order chi connectivity index (χ0) is 27.7. The van der Waals surface area contributed by atoms with Gasteiger partial charge in [-0.15, -0.1) is 0 Å². The number of nitrogens with one attached hydrogen (secondary N) is 1. The second kappa shape index (κ2) is 13.0. The molecule has 0 aliphatic rings. The molecule has 0 bridgehead atoms. The lowest BCUT2D eigenvalue weighted by molar-refractivity contribution is -0.140. The Balaban J connectivity index is 2.04. The SMILES string of the molecule is CCNC(=O)[C@@H](CC)N(Cc1ccc(F)cc1)C(=O)CN(c1ccc(OC)cc1)S(=O)(=O)c1ccccc1. The van der Waals surface area contributed by atoms with E-state index >= 15 is 0 Å². The van der Waals surface area contributed by atoms with E-state index < -0.39 is 34.3 Å². The molecular weight excluding hydrogens is 509 g/mol. The van der Waals surface area contributed by atoms with E-state index in [4.69, 9.17) is 4.74 Å². The summed E-state index contributed by atoms with van der Waals surface area (Å²) in [7, 11) is -2.65. The first kappa shape index (κ1) is 28.6. The van der Waals surface area contributed by atoms with Crippen molar-refractivity contribution in [3.63, 3.8) is 0 Å². The fourth-order valence-corrected chi connectivity index (χ4v) is 5.43. The van der Waals surface area contributed by atoms with Crippen LogP contribution in [0.25, 0.3) is 0 Å². The summed E-state index contributed by atoms with van der Waals surface area (Å²) < 4.78 is 47.2. The highest BCUT2D eigenvalue weighted by Crippen LogP contribution is 2.26. The Kier molecular flexibility index (Phi) is 9.84. The highest BCUT2D eigenvalue weighted by atomic mass is 32.2. The van der Waals surface area contributed by atoms with Gasteiger partial charge in [0.2, 0.25) is 11.8 Å². The molecule has 8 nitrogen and oxygen atoms in total. The molecule has 0 aromatic heterocycles. The molecule has 10 heteroatoms. The Labute approximate surface area is 223 Å². The molecule has 3 aromatic carbocycles. The van der Waals surface area contributed by atoms with E-state index in [9.17, 15) is 22.4 Å². The van der Waals surface area contributed by atoms with Gasteiger partial charge in [-0.3, -0.25) is 13.9 Å². The molecule has 1 atom stereocenters. The first-order valence-electron chi connectivity index (χ1n) is 12.2. The zero-order valence-electron chi connectivity index (χ0n) is 21.6. The summed E-state index contributed by atoms with van der Waals surface area (Å²) >= 11 is 0. The summed E-state index contributed by atoms with van der Waals surface area (Å²) in [6, 6.07) is 18.9. The number of carbonyl (C=O) groups is 2. The average Bonchev–Trinajstić information content (AvgIpc) is 2.93. The van der Waals surface area contributed by atoms with E-state index in [-0.39, 0.29) is 23.0 Å². The maximum atomic E-state index is 13.8. The fourth-order valence-electron chi connectivity index (χ4n) is 3.99. The van der Waals surface area contributed by atoms with Gasteiger partial charge in [0.15, 0.2) is 0 Å². The van der Waals surface area contributed by atoms with Gasteiger partial charge < -0.3 is 15.0 Å². The molecule has 0 heterocycles. The average molecular weight is 542 g/mol. The molecule has 0 aliphatic heterocycles. The number of amides is 2. The first-order valence-corrected chi connectivity index (χ1v) is 13.7. The van der Waals surface area contributed by atoms with Crippen molar-refractivity contribution in [2.45, 2.75) is 37.8 Å². The number of nitrogens with zero attached hydrogens (tertiary/aromatic N) is 2. The molecule has 0 aliphatic carbocycles. The van der Waals surface area contributed by atoms with Gasteiger partial charge in [0, 0.05) is 13.1 Å². The van der Waals surface area contributed by atoms with Crippen LogP contribution in [0.15, 0.2) is 83.8 Å². The van der Waals surface area contributed by atoms with E-state index in [0.717, 1.165) is 4.31 Å². The number of ether oxygens (including phenoxy) is 1. The number of hydrogen-bond acceptors (Lipinski definition) is 5. The number of methoxy groups -OCH3 is 1. The van der Waals surface area contributed by atoms with Gasteiger partial charge in [-0.2, -0.15) is 0 Å². The van der Waals surface area contributed by atoms with Crippen LogP contribution in [-0.2, 0) is 26.2 Å². The second-order valence-corrected chi connectivity index (χ2v) is 10.4. The molecule has 0 spiro atoms. The second-order valence-electron chi connectivity index (χ2n) is 8.49. The normalized spacial score (nSPS) is 11.9. The smallest absolute Gasteiger partial charge is 0.264 e. The molecule has 0 radical (unpaired) electrons. The minimum absolute atomic E-state index is 0.00338. The maximum Gasteiger partial charge on any atom is 0.264 e. The quantitative estimate of drug-likeness (QED) is 0.374. The third-order valence-electron chi connectivity index (χ3n) is 5.97. The zero-order valence-corrected chi connectivity index (χ0v) is 22.4. The monoisotopic (exact) mass is 541 g/mol. The van der Waals surface area contributed by atoms with Gasteiger partial charge in [0.1, 0.15) is 24.2 Å². The minimum Gasteiger partial charge on any atom is -0.497 e. The largest absolute Gasteiger partial charge is 0.497 e. The Bertz CT molecular complexity index is 1320. The lowest BCUT2D eigenvalue weighted by Crippen LogP contribution is -2.52. The molecule has 0 fully saturated rings. The van der Waals surface area contributed by atoms with Gasteiger partial charge in [-0.25, -0.2) is 12.8 Å². The predicted molar refractivity (Wildman–Crippen MR) is 144 cm³/mol. The predicted octanol–water partition coefficient (Wildman–Crippen LogP) is 3.97. The molecule has 2 amide bonds. The molecule has 3 rings (SSSR count). The van der Waals surface area contributed by atoms with Crippen LogP contribution >= 0.6 is 0 Å². The maximum absolute atomic E-state index is 13.8. The number of hydrogen-bond donors (Lipinski definition) is 1. The summed E-state index contributed by atoms with van der Waals surface area (Å²) in [6.45, 7) is 3.35. The molecule has 0 saturated carbocycles. The summed E-state index contributed by atoms with van der Waals surface area (Å²) in [4.78, 5) is 28.1. The third kappa shape index (κ3) is 6.89. The van der Waals surface area contributed by atoms with Crippen molar-refractivity contribution in [1.82, 2.24) is 10.2 Å². The highest BCUT2D eigenvalue weighted by Gasteiger charge is 2.33. The molecule has 3 aromatic rings. The van der Waals surface area contributed by atoms with Gasteiger partial charge in [-0.1, -0.05) is 37.3 Å². The summed E-state index contributed by atoms with van der Waals surface area (Å²) in [5.41, 5.74) is 0.861. The minimum atomic E-state index is -4.15. The summed E-state index contributed by atoms with van der Waals surface area (Å²) in [6.07, 6.45) is 0.298. The van der Waals surface area contributed by atoms with Crippen molar-refractivity contribution < 1.29 is 27.1 Å².